The molecule has 1 aromatic rings. The van der Waals surface area contributed by atoms with Crippen LogP contribution in [0.25, 0.3) is 0 Å². The normalized spacial score (nSPS) is 24.9. The Hall–Kier alpha value is -0.900. The van der Waals surface area contributed by atoms with Crippen LogP contribution < -0.4 is 0 Å². The first-order valence-corrected chi connectivity index (χ1v) is 6.64. The average Bonchev–Trinajstić information content (AvgIpc) is 2.83. The van der Waals surface area contributed by atoms with Gasteiger partial charge in [0.2, 0.25) is 0 Å². The summed E-state index contributed by atoms with van der Waals surface area (Å²) in [5.41, 5.74) is 0.250. The molecule has 1 N–H and O–H groups in total. The molecule has 1 aliphatic rings. The van der Waals surface area contributed by atoms with E-state index in [4.69, 9.17) is 5.11 Å². The first-order valence-electron chi connectivity index (χ1n) is 5.82. The number of carboxylic acids is 1. The third-order valence-electron chi connectivity index (χ3n) is 3.48. The first kappa shape index (κ1) is 11.6. The molecule has 0 aromatic carbocycles. The van der Waals surface area contributed by atoms with Crippen LogP contribution in [0.15, 0.2) is 0 Å². The Morgan fingerprint density at radius 2 is 2.31 bits per heavy atom. The van der Waals surface area contributed by atoms with Gasteiger partial charge < -0.3 is 5.11 Å². The van der Waals surface area contributed by atoms with Gasteiger partial charge in [0.15, 0.2) is 5.69 Å². The quantitative estimate of drug-likeness (QED) is 0.879. The second-order valence-electron chi connectivity index (χ2n) is 4.55. The second kappa shape index (κ2) is 4.53. The van der Waals surface area contributed by atoms with Crippen molar-refractivity contribution in [2.24, 2.45) is 5.92 Å². The summed E-state index contributed by atoms with van der Waals surface area (Å²) in [6.45, 7) is 4.07. The van der Waals surface area contributed by atoms with E-state index in [1.165, 1.54) is 25.7 Å². The number of hydrogen-bond acceptors (Lipinski definition) is 3. The fraction of sp³-hybridized carbons (Fsp3) is 0.667. The molecule has 2 rings (SSSR count). The molecule has 1 saturated carbocycles. The molecule has 16 heavy (non-hydrogen) atoms. The van der Waals surface area contributed by atoms with E-state index < -0.39 is 5.97 Å². The Kier molecular flexibility index (Phi) is 3.28. The van der Waals surface area contributed by atoms with Crippen molar-refractivity contribution in [3.05, 3.63) is 15.6 Å². The maximum Gasteiger partial charge on any atom is 0.355 e. The van der Waals surface area contributed by atoms with E-state index >= 15 is 0 Å². The van der Waals surface area contributed by atoms with Crippen LogP contribution in [0.5, 0.6) is 0 Å². The Bertz CT molecular complexity index is 400. The van der Waals surface area contributed by atoms with Gasteiger partial charge in [-0.05, 0) is 32.1 Å². The molecule has 0 saturated heterocycles. The van der Waals surface area contributed by atoms with E-state index in [9.17, 15) is 4.79 Å². The summed E-state index contributed by atoms with van der Waals surface area (Å²) in [4.78, 5) is 16.0. The van der Waals surface area contributed by atoms with Crippen molar-refractivity contribution in [3.63, 3.8) is 0 Å². The molecule has 0 bridgehead atoms. The van der Waals surface area contributed by atoms with Crippen LogP contribution in [0.1, 0.15) is 58.9 Å². The largest absolute Gasteiger partial charge is 0.476 e. The fourth-order valence-corrected chi connectivity index (χ4v) is 3.52. The van der Waals surface area contributed by atoms with Crippen molar-refractivity contribution in [2.75, 3.05) is 0 Å². The summed E-state index contributed by atoms with van der Waals surface area (Å²) in [6.07, 6.45) is 4.85. The zero-order valence-electron chi connectivity index (χ0n) is 9.69. The summed E-state index contributed by atoms with van der Waals surface area (Å²) in [6, 6.07) is 0. The Labute approximate surface area is 99.5 Å². The monoisotopic (exact) mass is 239 g/mol. The molecular weight excluding hydrogens is 222 g/mol. The van der Waals surface area contributed by atoms with E-state index in [0.29, 0.717) is 5.92 Å². The van der Waals surface area contributed by atoms with Crippen LogP contribution in [0.2, 0.25) is 0 Å². The van der Waals surface area contributed by atoms with Gasteiger partial charge in [-0.15, -0.1) is 11.3 Å². The summed E-state index contributed by atoms with van der Waals surface area (Å²) in [7, 11) is 0. The maximum atomic E-state index is 10.9. The zero-order chi connectivity index (χ0) is 11.7. The number of aryl methyl sites for hydroxylation is 1. The van der Waals surface area contributed by atoms with Crippen LogP contribution >= 0.6 is 11.3 Å². The zero-order valence-corrected chi connectivity index (χ0v) is 10.5. The number of nitrogens with zero attached hydrogens (tertiary/aromatic N) is 1. The van der Waals surface area contributed by atoms with Crippen LogP contribution in [0, 0.1) is 12.8 Å². The van der Waals surface area contributed by atoms with Crippen molar-refractivity contribution >= 4 is 17.3 Å². The van der Waals surface area contributed by atoms with E-state index in [0.717, 1.165) is 15.8 Å². The third kappa shape index (κ3) is 2.12. The third-order valence-corrected chi connectivity index (χ3v) is 4.62. The van der Waals surface area contributed by atoms with Gasteiger partial charge in [-0.2, -0.15) is 0 Å². The van der Waals surface area contributed by atoms with Gasteiger partial charge in [0.25, 0.3) is 0 Å². The lowest BCUT2D eigenvalue weighted by atomic mass is 10.0. The van der Waals surface area contributed by atoms with Gasteiger partial charge in [-0.1, -0.05) is 13.3 Å². The second-order valence-corrected chi connectivity index (χ2v) is 5.78. The van der Waals surface area contributed by atoms with Crippen LogP contribution in [0.4, 0.5) is 0 Å². The van der Waals surface area contributed by atoms with Crippen molar-refractivity contribution < 1.29 is 9.90 Å². The van der Waals surface area contributed by atoms with E-state index in [1.807, 2.05) is 6.92 Å². The van der Waals surface area contributed by atoms with Gasteiger partial charge in [-0.25, -0.2) is 9.78 Å². The molecule has 0 amide bonds. The predicted molar refractivity (Wildman–Crippen MR) is 64.2 cm³/mol. The van der Waals surface area contributed by atoms with Crippen molar-refractivity contribution in [1.82, 2.24) is 4.98 Å². The van der Waals surface area contributed by atoms with Gasteiger partial charge in [0.05, 0.1) is 5.01 Å². The highest BCUT2D eigenvalue weighted by Gasteiger charge is 2.28. The van der Waals surface area contributed by atoms with E-state index in [-0.39, 0.29) is 5.69 Å². The number of carbonyl (C=O) groups is 1. The van der Waals surface area contributed by atoms with Crippen molar-refractivity contribution in [2.45, 2.75) is 45.4 Å². The van der Waals surface area contributed by atoms with Gasteiger partial charge in [0, 0.05) is 10.8 Å². The number of rotatable bonds is 3. The highest BCUT2D eigenvalue weighted by atomic mass is 32.1. The summed E-state index contributed by atoms with van der Waals surface area (Å²) >= 11 is 1.56. The lowest BCUT2D eigenvalue weighted by Crippen LogP contribution is -2.00. The Morgan fingerprint density at radius 3 is 2.81 bits per heavy atom. The number of carboxylic acid groups (broad SMARTS) is 1. The van der Waals surface area contributed by atoms with Crippen LogP contribution in [-0.4, -0.2) is 16.1 Å². The molecule has 2 unspecified atom stereocenters. The SMILES string of the molecule is CCC1CCC(c2nc(C(=O)O)c(C)s2)C1. The highest BCUT2D eigenvalue weighted by Crippen LogP contribution is 2.41. The molecule has 3 nitrogen and oxygen atoms in total. The lowest BCUT2D eigenvalue weighted by Gasteiger charge is -2.05. The maximum absolute atomic E-state index is 10.9. The smallest absolute Gasteiger partial charge is 0.355 e. The standard InChI is InChI=1S/C12H17NO2S/c1-3-8-4-5-9(6-8)11-13-10(12(14)15)7(2)16-11/h8-9H,3-6H2,1-2H3,(H,14,15). The number of hydrogen-bond donors (Lipinski definition) is 1. The van der Waals surface area contributed by atoms with E-state index in [2.05, 4.69) is 11.9 Å². The summed E-state index contributed by atoms with van der Waals surface area (Å²) in [5.74, 6) is 0.411. The minimum absolute atomic E-state index is 0.250. The topological polar surface area (TPSA) is 50.2 Å². The molecule has 1 heterocycles. The minimum Gasteiger partial charge on any atom is -0.476 e. The predicted octanol–water partition coefficient (Wildman–Crippen LogP) is 3.44. The lowest BCUT2D eigenvalue weighted by molar-refractivity contribution is 0.0690. The molecular formula is C12H17NO2S. The molecule has 1 aliphatic carbocycles. The van der Waals surface area contributed by atoms with Gasteiger partial charge in [0.1, 0.15) is 0 Å². The molecule has 1 aromatic heterocycles. The number of aromatic carboxylic acids is 1. The van der Waals surface area contributed by atoms with Gasteiger partial charge in [-0.3, -0.25) is 0 Å². The molecule has 1 fully saturated rings. The Balaban J connectivity index is 2.16. The van der Waals surface area contributed by atoms with Gasteiger partial charge >= 0.3 is 5.97 Å². The minimum atomic E-state index is -0.898. The van der Waals surface area contributed by atoms with Crippen molar-refractivity contribution in [3.8, 4) is 0 Å². The highest BCUT2D eigenvalue weighted by molar-refractivity contribution is 7.12. The average molecular weight is 239 g/mol. The molecule has 88 valence electrons. The first-order chi connectivity index (χ1) is 7.61. The summed E-state index contributed by atoms with van der Waals surface area (Å²) in [5, 5.41) is 10.00. The van der Waals surface area contributed by atoms with Crippen LogP contribution in [0.3, 0.4) is 0 Å². The molecule has 0 aliphatic heterocycles. The Morgan fingerprint density at radius 1 is 1.56 bits per heavy atom. The summed E-state index contributed by atoms with van der Waals surface area (Å²) < 4.78 is 0. The van der Waals surface area contributed by atoms with E-state index in [1.54, 1.807) is 11.3 Å². The number of thiazole rings is 1. The molecule has 0 radical (unpaired) electrons. The molecule has 2 atom stereocenters. The van der Waals surface area contributed by atoms with Crippen LogP contribution in [-0.2, 0) is 0 Å². The molecule has 4 heteroatoms. The fourth-order valence-electron chi connectivity index (χ4n) is 2.46. The number of aromatic nitrogens is 1. The molecule has 0 spiro atoms. The van der Waals surface area contributed by atoms with Crippen molar-refractivity contribution in [1.29, 1.82) is 0 Å².